The Morgan fingerprint density at radius 1 is 1.16 bits per heavy atom. The highest BCUT2D eigenvalue weighted by Gasteiger charge is 2.44. The number of aromatic nitrogens is 3. The lowest BCUT2D eigenvalue weighted by molar-refractivity contribution is 0.0541. The normalized spacial score (nSPS) is 18.1. The van der Waals surface area contributed by atoms with Gasteiger partial charge in [-0.25, -0.2) is 13.1 Å². The van der Waals surface area contributed by atoms with Crippen molar-refractivity contribution in [3.8, 4) is 5.69 Å². The molecule has 0 aliphatic carbocycles. The van der Waals surface area contributed by atoms with Gasteiger partial charge in [-0.1, -0.05) is 6.07 Å². The molecule has 0 bridgehead atoms. The van der Waals surface area contributed by atoms with Crippen molar-refractivity contribution in [2.45, 2.75) is 43.7 Å². The van der Waals surface area contributed by atoms with Crippen LogP contribution in [-0.2, 0) is 15.6 Å². The van der Waals surface area contributed by atoms with E-state index >= 15 is 0 Å². The Balaban J connectivity index is 1.44. The molecule has 2 aliphatic heterocycles. The van der Waals surface area contributed by atoms with Gasteiger partial charge in [0.25, 0.3) is 0 Å². The van der Waals surface area contributed by atoms with Crippen molar-refractivity contribution in [1.29, 1.82) is 0 Å². The molecular weight excluding hydrogens is 424 g/mol. The molecule has 2 aromatic heterocycles. The number of hydrogen-bond acceptors (Lipinski definition) is 4. The summed E-state index contributed by atoms with van der Waals surface area (Å²) in [6.07, 6.45) is 4.17. The number of fused-ring (bicyclic) bond motifs is 4. The fourth-order valence-corrected chi connectivity index (χ4v) is 6.34. The summed E-state index contributed by atoms with van der Waals surface area (Å²) in [4.78, 5) is -0.162. The van der Waals surface area contributed by atoms with E-state index in [2.05, 4.69) is 39.2 Å². The molecule has 4 heterocycles. The third-order valence-corrected chi connectivity index (χ3v) is 8.40. The van der Waals surface area contributed by atoms with Crippen molar-refractivity contribution in [1.82, 2.24) is 18.7 Å². The number of piperidine rings is 1. The lowest BCUT2D eigenvalue weighted by Gasteiger charge is -2.46. The monoisotopic (exact) mass is 447 g/mol. The highest BCUT2D eigenvalue weighted by Crippen LogP contribution is 2.44. The van der Waals surface area contributed by atoms with Crippen molar-refractivity contribution >= 4 is 15.7 Å². The van der Waals surface area contributed by atoms with E-state index in [0.717, 1.165) is 28.8 Å². The summed E-state index contributed by atoms with van der Waals surface area (Å²) in [6.45, 7) is 1.07. The van der Waals surface area contributed by atoms with Gasteiger partial charge >= 0.3 is 6.55 Å². The SMILES string of the molecule is Cc1ccc2c(c1)NC1(CCN(S(=O)(=O)c3cnn(C(F)F)c3C)CC1)c1cccn1-2. The first-order valence-electron chi connectivity index (χ1n) is 10.1. The zero-order valence-electron chi connectivity index (χ0n) is 17.2. The quantitative estimate of drug-likeness (QED) is 0.663. The second-order valence-electron chi connectivity index (χ2n) is 8.21. The Morgan fingerprint density at radius 3 is 2.58 bits per heavy atom. The summed E-state index contributed by atoms with van der Waals surface area (Å²) >= 11 is 0. The number of hydrogen-bond donors (Lipinski definition) is 1. The van der Waals surface area contributed by atoms with Crippen LogP contribution < -0.4 is 5.32 Å². The molecule has 0 radical (unpaired) electrons. The first-order valence-corrected chi connectivity index (χ1v) is 11.6. The van der Waals surface area contributed by atoms with Gasteiger partial charge in [-0.15, -0.1) is 0 Å². The highest BCUT2D eigenvalue weighted by atomic mass is 32.2. The third-order valence-electron chi connectivity index (χ3n) is 6.40. The molecule has 3 aromatic rings. The van der Waals surface area contributed by atoms with E-state index in [1.165, 1.54) is 11.2 Å². The molecule has 1 saturated heterocycles. The Kier molecular flexibility index (Phi) is 4.49. The van der Waals surface area contributed by atoms with Crippen LogP contribution in [0.3, 0.4) is 0 Å². The van der Waals surface area contributed by atoms with Crippen molar-refractivity contribution in [2.75, 3.05) is 18.4 Å². The average molecular weight is 448 g/mol. The number of anilines is 1. The first kappa shape index (κ1) is 20.2. The van der Waals surface area contributed by atoms with Gasteiger partial charge in [-0.05, 0) is 56.5 Å². The average Bonchev–Trinajstić information content (AvgIpc) is 3.36. The van der Waals surface area contributed by atoms with E-state index < -0.39 is 22.1 Å². The molecule has 0 atom stereocenters. The van der Waals surface area contributed by atoms with Crippen LogP contribution >= 0.6 is 0 Å². The fourth-order valence-electron chi connectivity index (χ4n) is 4.75. The van der Waals surface area contributed by atoms with Gasteiger partial charge in [0.05, 0.1) is 28.8 Å². The molecule has 0 saturated carbocycles. The summed E-state index contributed by atoms with van der Waals surface area (Å²) in [5, 5.41) is 7.24. The molecule has 1 spiro atoms. The van der Waals surface area contributed by atoms with Crippen molar-refractivity contribution in [2.24, 2.45) is 0 Å². The van der Waals surface area contributed by atoms with Gasteiger partial charge in [-0.2, -0.15) is 18.2 Å². The van der Waals surface area contributed by atoms with Crippen LogP contribution in [0.1, 0.15) is 36.3 Å². The van der Waals surface area contributed by atoms with E-state index in [4.69, 9.17) is 0 Å². The minimum absolute atomic E-state index is 0.0515. The number of alkyl halides is 2. The Bertz CT molecular complexity index is 1260. The second kappa shape index (κ2) is 6.89. The summed E-state index contributed by atoms with van der Waals surface area (Å²) in [5.41, 5.74) is 3.89. The predicted molar refractivity (Wildman–Crippen MR) is 112 cm³/mol. The molecule has 0 unspecified atom stereocenters. The number of nitrogens with zero attached hydrogens (tertiary/aromatic N) is 4. The van der Waals surface area contributed by atoms with Crippen LogP contribution in [0.25, 0.3) is 5.69 Å². The lowest BCUT2D eigenvalue weighted by atomic mass is 9.83. The molecule has 0 amide bonds. The van der Waals surface area contributed by atoms with Gasteiger partial charge in [0.1, 0.15) is 4.90 Å². The number of sulfonamides is 1. The number of halogens is 2. The number of benzene rings is 1. The number of rotatable bonds is 3. The zero-order valence-corrected chi connectivity index (χ0v) is 18.0. The maximum Gasteiger partial charge on any atom is 0.333 e. The van der Waals surface area contributed by atoms with Crippen LogP contribution in [0.4, 0.5) is 14.5 Å². The maximum atomic E-state index is 13.2. The fraction of sp³-hybridized carbons (Fsp3) is 0.381. The Morgan fingerprint density at radius 2 is 1.90 bits per heavy atom. The van der Waals surface area contributed by atoms with Crippen LogP contribution in [0.5, 0.6) is 0 Å². The zero-order chi connectivity index (χ0) is 22.0. The summed E-state index contributed by atoms with van der Waals surface area (Å²) in [6, 6.07) is 10.3. The van der Waals surface area contributed by atoms with Crippen molar-refractivity contribution < 1.29 is 17.2 Å². The van der Waals surface area contributed by atoms with Crippen molar-refractivity contribution in [3.05, 3.63) is 59.7 Å². The standard InChI is InChI=1S/C21H23F2N5O2S/c1-14-5-6-17-16(12-14)25-21(19-4-3-9-27(17)19)7-10-26(11-8-21)31(29,30)18-13-24-28(15(18)2)20(22)23/h3-6,9,12-13,20,25H,7-8,10-11H2,1-2H3. The van der Waals surface area contributed by atoms with Crippen molar-refractivity contribution in [3.63, 3.8) is 0 Å². The summed E-state index contributed by atoms with van der Waals surface area (Å²) in [5.74, 6) is 0. The largest absolute Gasteiger partial charge is 0.372 e. The van der Waals surface area contributed by atoms with E-state index in [9.17, 15) is 17.2 Å². The van der Waals surface area contributed by atoms with E-state index in [1.54, 1.807) is 0 Å². The molecule has 164 valence electrons. The second-order valence-corrected chi connectivity index (χ2v) is 10.1. The van der Waals surface area contributed by atoms with Gasteiger partial charge in [0.2, 0.25) is 10.0 Å². The topological polar surface area (TPSA) is 72.2 Å². The molecule has 2 aliphatic rings. The van der Waals surface area contributed by atoms with Gasteiger partial charge in [0, 0.05) is 25.0 Å². The molecule has 10 heteroatoms. The summed E-state index contributed by atoms with van der Waals surface area (Å²) in [7, 11) is -3.91. The Labute approximate surface area is 179 Å². The molecule has 7 nitrogen and oxygen atoms in total. The van der Waals surface area contributed by atoms with Gasteiger partial charge in [0.15, 0.2) is 0 Å². The number of aryl methyl sites for hydroxylation is 1. The van der Waals surface area contributed by atoms with E-state index in [1.807, 2.05) is 19.2 Å². The van der Waals surface area contributed by atoms with Crippen LogP contribution in [0.15, 0.2) is 47.6 Å². The molecule has 31 heavy (non-hydrogen) atoms. The predicted octanol–water partition coefficient (Wildman–Crippen LogP) is 3.79. The van der Waals surface area contributed by atoms with Crippen LogP contribution in [0, 0.1) is 13.8 Å². The first-order chi connectivity index (χ1) is 14.7. The van der Waals surface area contributed by atoms with E-state index in [0.29, 0.717) is 17.5 Å². The molecule has 1 fully saturated rings. The van der Waals surface area contributed by atoms with Crippen LogP contribution in [-0.4, -0.2) is 40.2 Å². The Hall–Kier alpha value is -2.72. The molecule has 1 N–H and O–H groups in total. The van der Waals surface area contributed by atoms with Gasteiger partial charge < -0.3 is 9.88 Å². The minimum atomic E-state index is -3.91. The molecule has 5 rings (SSSR count). The smallest absolute Gasteiger partial charge is 0.333 e. The highest BCUT2D eigenvalue weighted by molar-refractivity contribution is 7.89. The lowest BCUT2D eigenvalue weighted by Crippen LogP contribution is -2.51. The molecular formula is C21H23F2N5O2S. The van der Waals surface area contributed by atoms with E-state index in [-0.39, 0.29) is 23.7 Å². The molecule has 1 aromatic carbocycles. The summed E-state index contributed by atoms with van der Waals surface area (Å²) < 4.78 is 56.4. The maximum absolute atomic E-state index is 13.2. The third kappa shape index (κ3) is 3.00. The minimum Gasteiger partial charge on any atom is -0.372 e. The number of nitrogens with one attached hydrogen (secondary N) is 1. The van der Waals surface area contributed by atoms with Crippen LogP contribution in [0.2, 0.25) is 0 Å². The van der Waals surface area contributed by atoms with Gasteiger partial charge in [-0.3, -0.25) is 0 Å².